The number of allylic oxidation sites excluding steroid dienone is 1. The lowest BCUT2D eigenvalue weighted by Gasteiger charge is -2.10. The molecule has 0 spiro atoms. The zero-order valence-electron chi connectivity index (χ0n) is 8.19. The van der Waals surface area contributed by atoms with Gasteiger partial charge >= 0.3 is 0 Å². The van der Waals surface area contributed by atoms with Crippen LogP contribution in [0.1, 0.15) is 24.5 Å². The van der Waals surface area contributed by atoms with Crippen molar-refractivity contribution in [3.63, 3.8) is 0 Å². The van der Waals surface area contributed by atoms with E-state index in [0.717, 1.165) is 15.7 Å². The van der Waals surface area contributed by atoms with Gasteiger partial charge in [-0.15, -0.1) is 0 Å². The molecule has 0 radical (unpaired) electrons. The minimum absolute atomic E-state index is 0.00950. The van der Waals surface area contributed by atoms with E-state index >= 15 is 0 Å². The number of nitrogens with zero attached hydrogens (tertiary/aromatic N) is 2. The molecule has 3 nitrogen and oxygen atoms in total. The van der Waals surface area contributed by atoms with Gasteiger partial charge in [0.25, 0.3) is 0 Å². The highest BCUT2D eigenvalue weighted by molar-refractivity contribution is 7.15. The minimum Gasteiger partial charge on any atom is -0.389 e. The number of hydrogen-bond acceptors (Lipinski definition) is 4. The third kappa shape index (κ3) is 1.76. The van der Waals surface area contributed by atoms with Crippen molar-refractivity contribution < 1.29 is 5.11 Å². The number of aliphatic hydroxyl groups excluding tert-OH is 1. The van der Waals surface area contributed by atoms with Gasteiger partial charge in [-0.25, -0.2) is 9.98 Å². The molecule has 0 aromatic carbocycles. The van der Waals surface area contributed by atoms with E-state index in [1.807, 2.05) is 12.3 Å². The molecule has 1 N–H and O–H groups in total. The monoisotopic (exact) mass is 208 g/mol. The average molecular weight is 208 g/mol. The van der Waals surface area contributed by atoms with Crippen LogP contribution in [-0.2, 0) is 6.61 Å². The fraction of sp³-hybridized carbons (Fsp3) is 0.400. The van der Waals surface area contributed by atoms with Crippen LogP contribution < -0.4 is 0 Å². The molecule has 0 fully saturated rings. The SMILES string of the molecule is CC1(C)C=Cc2nc(CO)sc2N=C1. The number of aliphatic hydroxyl groups is 1. The molecule has 1 aliphatic heterocycles. The molecule has 0 bridgehead atoms. The molecule has 0 saturated heterocycles. The normalized spacial score (nSPS) is 17.9. The van der Waals surface area contributed by atoms with Gasteiger partial charge in [0, 0.05) is 11.6 Å². The van der Waals surface area contributed by atoms with Crippen LogP contribution in [0.5, 0.6) is 0 Å². The number of aliphatic imine (C=N–C) groups is 1. The van der Waals surface area contributed by atoms with E-state index in [4.69, 9.17) is 5.11 Å². The summed E-state index contributed by atoms with van der Waals surface area (Å²) in [7, 11) is 0. The summed E-state index contributed by atoms with van der Waals surface area (Å²) in [6, 6.07) is 0. The number of rotatable bonds is 1. The molecule has 74 valence electrons. The predicted octanol–water partition coefficient (Wildman–Crippen LogP) is 2.39. The average Bonchev–Trinajstić information content (AvgIpc) is 2.49. The number of thiazole rings is 1. The van der Waals surface area contributed by atoms with Crippen molar-refractivity contribution in [2.24, 2.45) is 10.4 Å². The van der Waals surface area contributed by atoms with Crippen LogP contribution in [0.25, 0.3) is 6.08 Å². The van der Waals surface area contributed by atoms with Gasteiger partial charge in [0.2, 0.25) is 0 Å². The van der Waals surface area contributed by atoms with E-state index in [-0.39, 0.29) is 12.0 Å². The van der Waals surface area contributed by atoms with Crippen LogP contribution in [0.2, 0.25) is 0 Å². The van der Waals surface area contributed by atoms with Gasteiger partial charge in [0.1, 0.15) is 15.7 Å². The first-order valence-corrected chi connectivity index (χ1v) is 5.27. The number of aromatic nitrogens is 1. The molecule has 0 aliphatic carbocycles. The molecular formula is C10H12N2OS. The first-order valence-electron chi connectivity index (χ1n) is 4.46. The number of hydrogen-bond donors (Lipinski definition) is 1. The standard InChI is InChI=1S/C10H12N2OS/c1-10(2)4-3-7-9(11-6-10)14-8(5-13)12-7/h3-4,6,13H,5H2,1-2H3. The zero-order chi connectivity index (χ0) is 10.2. The van der Waals surface area contributed by atoms with Crippen molar-refractivity contribution in [1.29, 1.82) is 0 Å². The summed E-state index contributed by atoms with van der Waals surface area (Å²) in [5.74, 6) is 0. The highest BCUT2D eigenvalue weighted by Gasteiger charge is 2.16. The summed E-state index contributed by atoms with van der Waals surface area (Å²) in [6.45, 7) is 4.18. The lowest BCUT2D eigenvalue weighted by Crippen LogP contribution is -2.07. The molecule has 0 unspecified atom stereocenters. The van der Waals surface area contributed by atoms with Crippen LogP contribution in [0, 0.1) is 5.41 Å². The topological polar surface area (TPSA) is 45.5 Å². The van der Waals surface area contributed by atoms with E-state index in [1.54, 1.807) is 0 Å². The molecular weight excluding hydrogens is 196 g/mol. The fourth-order valence-corrected chi connectivity index (χ4v) is 1.95. The highest BCUT2D eigenvalue weighted by atomic mass is 32.1. The maximum Gasteiger partial charge on any atom is 0.143 e. The summed E-state index contributed by atoms with van der Waals surface area (Å²) < 4.78 is 0. The minimum atomic E-state index is -0.0141. The van der Waals surface area contributed by atoms with E-state index in [2.05, 4.69) is 29.9 Å². The predicted molar refractivity (Wildman–Crippen MR) is 59.0 cm³/mol. The highest BCUT2D eigenvalue weighted by Crippen LogP contribution is 2.33. The van der Waals surface area contributed by atoms with Gasteiger partial charge < -0.3 is 5.11 Å². The van der Waals surface area contributed by atoms with Gasteiger partial charge in [-0.3, -0.25) is 0 Å². The fourth-order valence-electron chi connectivity index (χ4n) is 1.20. The molecule has 14 heavy (non-hydrogen) atoms. The van der Waals surface area contributed by atoms with Crippen molar-refractivity contribution in [3.05, 3.63) is 16.8 Å². The third-order valence-corrected chi connectivity index (χ3v) is 2.96. The van der Waals surface area contributed by atoms with E-state index < -0.39 is 0 Å². The molecule has 4 heteroatoms. The molecule has 0 atom stereocenters. The van der Waals surface area contributed by atoms with Gasteiger partial charge in [-0.2, -0.15) is 0 Å². The Kier molecular flexibility index (Phi) is 2.25. The summed E-state index contributed by atoms with van der Waals surface area (Å²) in [5, 5.41) is 10.5. The lowest BCUT2D eigenvalue weighted by molar-refractivity contribution is 0.281. The molecule has 1 aromatic heterocycles. The molecule has 0 amide bonds. The van der Waals surface area contributed by atoms with Crippen molar-refractivity contribution in [3.8, 4) is 0 Å². The van der Waals surface area contributed by atoms with Gasteiger partial charge in [-0.05, 0) is 6.08 Å². The number of fused-ring (bicyclic) bond motifs is 1. The lowest BCUT2D eigenvalue weighted by atomic mass is 9.95. The molecule has 2 rings (SSSR count). The molecule has 1 aromatic rings. The van der Waals surface area contributed by atoms with Crippen LogP contribution in [-0.4, -0.2) is 16.3 Å². The first-order chi connectivity index (χ1) is 6.61. The quantitative estimate of drug-likeness (QED) is 0.770. The van der Waals surface area contributed by atoms with E-state index in [9.17, 15) is 0 Å². The van der Waals surface area contributed by atoms with Crippen molar-refractivity contribution in [2.45, 2.75) is 20.5 Å². The zero-order valence-corrected chi connectivity index (χ0v) is 9.01. The van der Waals surface area contributed by atoms with Crippen LogP contribution >= 0.6 is 11.3 Å². The van der Waals surface area contributed by atoms with Crippen LogP contribution in [0.4, 0.5) is 5.00 Å². The van der Waals surface area contributed by atoms with E-state index in [1.165, 1.54) is 11.3 Å². The Morgan fingerprint density at radius 2 is 2.29 bits per heavy atom. The first kappa shape index (κ1) is 9.55. The van der Waals surface area contributed by atoms with Crippen molar-refractivity contribution >= 4 is 28.6 Å². The summed E-state index contributed by atoms with van der Waals surface area (Å²) in [6.07, 6.45) is 5.95. The maximum atomic E-state index is 8.93. The Hall–Kier alpha value is -1.00. The van der Waals surface area contributed by atoms with Crippen molar-refractivity contribution in [1.82, 2.24) is 4.98 Å². The Balaban J connectivity index is 2.44. The Morgan fingerprint density at radius 3 is 3.00 bits per heavy atom. The second kappa shape index (κ2) is 3.29. The molecule has 0 saturated carbocycles. The summed E-state index contributed by atoms with van der Waals surface area (Å²) in [4.78, 5) is 8.63. The van der Waals surface area contributed by atoms with E-state index in [0.29, 0.717) is 0 Å². The van der Waals surface area contributed by atoms with Gasteiger partial charge in [0.15, 0.2) is 0 Å². The smallest absolute Gasteiger partial charge is 0.143 e. The molecule has 2 heterocycles. The summed E-state index contributed by atoms with van der Waals surface area (Å²) in [5.41, 5.74) is 0.848. The second-order valence-corrected chi connectivity index (χ2v) is 4.93. The Morgan fingerprint density at radius 1 is 1.50 bits per heavy atom. The molecule has 1 aliphatic rings. The Bertz CT molecular complexity index is 371. The van der Waals surface area contributed by atoms with Crippen LogP contribution in [0.15, 0.2) is 11.1 Å². The third-order valence-electron chi connectivity index (χ3n) is 2.00. The maximum absolute atomic E-state index is 8.93. The largest absolute Gasteiger partial charge is 0.389 e. The van der Waals surface area contributed by atoms with Crippen molar-refractivity contribution in [2.75, 3.05) is 0 Å². The Labute approximate surface area is 86.8 Å². The summed E-state index contributed by atoms with van der Waals surface area (Å²) >= 11 is 1.44. The van der Waals surface area contributed by atoms with Gasteiger partial charge in [0.05, 0.1) is 6.61 Å². The van der Waals surface area contributed by atoms with Gasteiger partial charge in [-0.1, -0.05) is 31.3 Å². The second-order valence-electron chi connectivity index (χ2n) is 3.87. The van der Waals surface area contributed by atoms with Crippen LogP contribution in [0.3, 0.4) is 0 Å².